The number of amides is 1. The predicted molar refractivity (Wildman–Crippen MR) is 96.6 cm³/mol. The van der Waals surface area contributed by atoms with Crippen LogP contribution in [0.1, 0.15) is 20.8 Å². The van der Waals surface area contributed by atoms with Crippen molar-refractivity contribution in [3.05, 3.63) is 36.4 Å². The molecule has 24 heavy (non-hydrogen) atoms. The van der Waals surface area contributed by atoms with Gasteiger partial charge < -0.3 is 19.8 Å². The summed E-state index contributed by atoms with van der Waals surface area (Å²) < 4.78 is 11.3. The summed E-state index contributed by atoms with van der Waals surface area (Å²) in [5.41, 5.74) is 2.14. The summed E-state index contributed by atoms with van der Waals surface area (Å²) in [6.45, 7) is 5.84. The summed E-state index contributed by atoms with van der Waals surface area (Å²) in [5, 5.41) is 8.09. The lowest BCUT2D eigenvalue weighted by molar-refractivity contribution is -0.117. The topological polar surface area (TPSA) is 63.5 Å². The Bertz CT molecular complexity index is 883. The summed E-state index contributed by atoms with van der Waals surface area (Å²) >= 11 is 0. The van der Waals surface area contributed by atoms with E-state index in [9.17, 15) is 4.79 Å². The third-order valence-electron chi connectivity index (χ3n) is 3.93. The Kier molecular flexibility index (Phi) is 4.44. The van der Waals surface area contributed by atoms with Gasteiger partial charge in [-0.3, -0.25) is 4.79 Å². The molecule has 0 aliphatic heterocycles. The number of fused-ring (bicyclic) bond motifs is 3. The average Bonchev–Trinajstić information content (AvgIpc) is 2.90. The Morgan fingerprint density at radius 3 is 2.54 bits per heavy atom. The molecule has 5 heteroatoms. The highest BCUT2D eigenvalue weighted by atomic mass is 16.5. The van der Waals surface area contributed by atoms with Crippen molar-refractivity contribution in [2.45, 2.75) is 32.9 Å². The molecule has 1 aromatic heterocycles. The van der Waals surface area contributed by atoms with E-state index in [2.05, 4.69) is 10.6 Å². The van der Waals surface area contributed by atoms with Gasteiger partial charge >= 0.3 is 0 Å². The van der Waals surface area contributed by atoms with Crippen LogP contribution in [0.25, 0.3) is 21.9 Å². The first-order valence-electron chi connectivity index (χ1n) is 8.05. The minimum Gasteiger partial charge on any atom is -0.495 e. The lowest BCUT2D eigenvalue weighted by Crippen LogP contribution is -2.41. The van der Waals surface area contributed by atoms with Gasteiger partial charge in [0.15, 0.2) is 0 Å². The van der Waals surface area contributed by atoms with Gasteiger partial charge in [-0.1, -0.05) is 32.0 Å². The van der Waals surface area contributed by atoms with Crippen LogP contribution in [0.15, 0.2) is 40.8 Å². The molecule has 0 spiro atoms. The predicted octanol–water partition coefficient (Wildman–Crippen LogP) is 3.92. The van der Waals surface area contributed by atoms with Gasteiger partial charge in [-0.2, -0.15) is 0 Å². The fraction of sp³-hybridized carbons (Fsp3) is 0.316. The van der Waals surface area contributed by atoms with E-state index < -0.39 is 0 Å². The number of anilines is 1. The number of hydrogen-bond acceptors (Lipinski definition) is 4. The number of hydrogen-bond donors (Lipinski definition) is 2. The van der Waals surface area contributed by atoms with Crippen molar-refractivity contribution in [2.24, 2.45) is 0 Å². The van der Waals surface area contributed by atoms with Crippen LogP contribution in [0, 0.1) is 0 Å². The van der Waals surface area contributed by atoms with Crippen LogP contribution in [-0.4, -0.2) is 25.1 Å². The number of nitrogens with one attached hydrogen (secondary N) is 2. The molecule has 3 rings (SSSR count). The number of furan rings is 1. The quantitative estimate of drug-likeness (QED) is 0.746. The maximum absolute atomic E-state index is 12.4. The number of ether oxygens (including phenoxy) is 1. The molecule has 0 saturated heterocycles. The molecular weight excluding hydrogens is 304 g/mol. The second-order valence-corrected chi connectivity index (χ2v) is 6.18. The molecule has 1 heterocycles. The van der Waals surface area contributed by atoms with Crippen LogP contribution in [0.4, 0.5) is 5.69 Å². The number of benzene rings is 2. The van der Waals surface area contributed by atoms with E-state index >= 15 is 0 Å². The van der Waals surface area contributed by atoms with Crippen LogP contribution in [0.2, 0.25) is 0 Å². The highest BCUT2D eigenvalue weighted by Crippen LogP contribution is 2.36. The number of para-hydroxylation sites is 1. The molecule has 5 nitrogen and oxygen atoms in total. The first kappa shape index (κ1) is 16.3. The Morgan fingerprint density at radius 2 is 1.83 bits per heavy atom. The molecule has 0 fully saturated rings. The van der Waals surface area contributed by atoms with Crippen LogP contribution in [0.5, 0.6) is 5.75 Å². The second-order valence-electron chi connectivity index (χ2n) is 6.18. The fourth-order valence-electron chi connectivity index (χ4n) is 2.83. The molecule has 0 aliphatic rings. The Labute approximate surface area is 141 Å². The molecule has 0 aliphatic carbocycles. The smallest absolute Gasteiger partial charge is 0.241 e. The summed E-state index contributed by atoms with van der Waals surface area (Å²) in [6.07, 6.45) is 0. The van der Waals surface area contributed by atoms with Gasteiger partial charge in [-0.05, 0) is 19.1 Å². The van der Waals surface area contributed by atoms with E-state index in [-0.39, 0.29) is 18.0 Å². The van der Waals surface area contributed by atoms with Crippen molar-refractivity contribution < 1.29 is 13.9 Å². The second kappa shape index (κ2) is 6.53. The van der Waals surface area contributed by atoms with E-state index in [0.29, 0.717) is 11.4 Å². The fourth-order valence-corrected chi connectivity index (χ4v) is 2.83. The van der Waals surface area contributed by atoms with Gasteiger partial charge in [-0.25, -0.2) is 0 Å². The molecule has 3 aromatic rings. The Balaban J connectivity index is 1.98. The normalized spacial score (nSPS) is 12.7. The van der Waals surface area contributed by atoms with Crippen molar-refractivity contribution >= 4 is 33.5 Å². The standard InChI is InChI=1S/C19H22N2O3/c1-11(2)20-12(3)19(22)21-15-10-17-14(9-18(15)23-4)13-7-5-6-8-16(13)24-17/h5-12,20H,1-4H3,(H,21,22)/t12-/m0/s1. The van der Waals surface area contributed by atoms with Crippen molar-refractivity contribution in [3.63, 3.8) is 0 Å². The third kappa shape index (κ3) is 3.08. The highest BCUT2D eigenvalue weighted by molar-refractivity contribution is 6.08. The Morgan fingerprint density at radius 1 is 1.08 bits per heavy atom. The average molecular weight is 326 g/mol. The summed E-state index contributed by atoms with van der Waals surface area (Å²) in [4.78, 5) is 12.4. The van der Waals surface area contributed by atoms with E-state index in [1.165, 1.54) is 0 Å². The molecule has 0 unspecified atom stereocenters. The molecule has 0 saturated carbocycles. The molecule has 2 aromatic carbocycles. The molecule has 0 radical (unpaired) electrons. The molecule has 2 N–H and O–H groups in total. The molecular formula is C19H22N2O3. The first-order chi connectivity index (χ1) is 11.5. The van der Waals surface area contributed by atoms with Gasteiger partial charge in [0.2, 0.25) is 5.91 Å². The van der Waals surface area contributed by atoms with Crippen LogP contribution in [-0.2, 0) is 4.79 Å². The molecule has 126 valence electrons. The van der Waals surface area contributed by atoms with Gasteiger partial charge in [0.1, 0.15) is 16.9 Å². The van der Waals surface area contributed by atoms with Gasteiger partial charge in [0.25, 0.3) is 0 Å². The van der Waals surface area contributed by atoms with Gasteiger partial charge in [0, 0.05) is 22.9 Å². The zero-order valence-corrected chi connectivity index (χ0v) is 14.3. The minimum absolute atomic E-state index is 0.113. The van der Waals surface area contributed by atoms with Crippen molar-refractivity contribution in [2.75, 3.05) is 12.4 Å². The highest BCUT2D eigenvalue weighted by Gasteiger charge is 2.17. The number of carbonyl (C=O) groups is 1. The van der Waals surface area contributed by atoms with Crippen LogP contribution < -0.4 is 15.4 Å². The molecule has 1 amide bonds. The van der Waals surface area contributed by atoms with E-state index in [1.54, 1.807) is 7.11 Å². The number of rotatable bonds is 5. The Hall–Kier alpha value is -2.53. The van der Waals surface area contributed by atoms with Crippen molar-refractivity contribution in [1.82, 2.24) is 5.32 Å². The van der Waals surface area contributed by atoms with E-state index in [0.717, 1.165) is 21.9 Å². The van der Waals surface area contributed by atoms with Crippen LogP contribution >= 0.6 is 0 Å². The number of carbonyl (C=O) groups excluding carboxylic acids is 1. The lowest BCUT2D eigenvalue weighted by atomic mass is 10.1. The zero-order valence-electron chi connectivity index (χ0n) is 14.3. The largest absolute Gasteiger partial charge is 0.495 e. The maximum atomic E-state index is 12.4. The lowest BCUT2D eigenvalue weighted by Gasteiger charge is -2.17. The zero-order chi connectivity index (χ0) is 17.3. The third-order valence-corrected chi connectivity index (χ3v) is 3.93. The minimum atomic E-state index is -0.305. The number of methoxy groups -OCH3 is 1. The molecule has 1 atom stereocenters. The van der Waals surface area contributed by atoms with Gasteiger partial charge in [-0.15, -0.1) is 0 Å². The summed E-state index contributed by atoms with van der Waals surface area (Å²) in [7, 11) is 1.59. The summed E-state index contributed by atoms with van der Waals surface area (Å²) in [5.74, 6) is 0.497. The van der Waals surface area contributed by atoms with E-state index in [1.807, 2.05) is 57.2 Å². The van der Waals surface area contributed by atoms with Crippen molar-refractivity contribution in [1.29, 1.82) is 0 Å². The van der Waals surface area contributed by atoms with Crippen LogP contribution in [0.3, 0.4) is 0 Å². The summed E-state index contributed by atoms with van der Waals surface area (Å²) in [6, 6.07) is 11.5. The molecule has 0 bridgehead atoms. The SMILES string of the molecule is COc1cc2c(cc1NC(=O)[C@H](C)NC(C)C)oc1ccccc12. The van der Waals surface area contributed by atoms with E-state index in [4.69, 9.17) is 9.15 Å². The van der Waals surface area contributed by atoms with Crippen molar-refractivity contribution in [3.8, 4) is 5.75 Å². The first-order valence-corrected chi connectivity index (χ1v) is 8.05. The van der Waals surface area contributed by atoms with Gasteiger partial charge in [0.05, 0.1) is 18.8 Å². The monoisotopic (exact) mass is 326 g/mol. The maximum Gasteiger partial charge on any atom is 0.241 e.